The topological polar surface area (TPSA) is 93.8 Å². The van der Waals surface area contributed by atoms with Gasteiger partial charge in [0, 0.05) is 6.20 Å². The number of nitrogens with one attached hydrogen (secondary N) is 1. The van der Waals surface area contributed by atoms with Crippen LogP contribution in [0, 0.1) is 0 Å². The second-order valence-electron chi connectivity index (χ2n) is 3.78. The van der Waals surface area contributed by atoms with Crippen molar-refractivity contribution in [2.24, 2.45) is 0 Å². The summed E-state index contributed by atoms with van der Waals surface area (Å²) in [5.41, 5.74) is 7.53. The molecule has 0 aliphatic rings. The molecule has 6 nitrogen and oxygen atoms in total. The molecule has 3 aromatic heterocycles. The van der Waals surface area contributed by atoms with Crippen LogP contribution in [0.25, 0.3) is 10.2 Å². The van der Waals surface area contributed by atoms with Crippen molar-refractivity contribution < 1.29 is 4.79 Å². The summed E-state index contributed by atoms with van der Waals surface area (Å²) in [6, 6.07) is 3.69. The van der Waals surface area contributed by atoms with E-state index in [1.54, 1.807) is 6.20 Å². The van der Waals surface area contributed by atoms with Crippen molar-refractivity contribution in [1.82, 2.24) is 15.0 Å². The Hall–Kier alpha value is -2.54. The van der Waals surface area contributed by atoms with Gasteiger partial charge in [-0.25, -0.2) is 9.97 Å². The first-order chi connectivity index (χ1) is 9.25. The number of rotatable bonds is 2. The number of nitrogens with zero attached hydrogens (tertiary/aromatic N) is 3. The molecule has 3 rings (SSSR count). The fourth-order valence-electron chi connectivity index (χ4n) is 1.67. The molecule has 0 aromatic carbocycles. The molecule has 0 fully saturated rings. The van der Waals surface area contributed by atoms with Gasteiger partial charge in [0.2, 0.25) is 0 Å². The lowest BCUT2D eigenvalue weighted by Crippen LogP contribution is -2.12. The largest absolute Gasteiger partial charge is 0.396 e. The minimum absolute atomic E-state index is 0.282. The molecule has 0 saturated carbocycles. The van der Waals surface area contributed by atoms with E-state index in [9.17, 15) is 4.79 Å². The molecule has 0 radical (unpaired) electrons. The molecule has 3 heterocycles. The van der Waals surface area contributed by atoms with Crippen LogP contribution >= 0.6 is 11.3 Å². The molecule has 3 aromatic rings. The Morgan fingerprint density at radius 3 is 2.84 bits per heavy atom. The third-order valence-electron chi connectivity index (χ3n) is 2.51. The van der Waals surface area contributed by atoms with Gasteiger partial charge in [-0.1, -0.05) is 0 Å². The van der Waals surface area contributed by atoms with Gasteiger partial charge in [0.15, 0.2) is 0 Å². The van der Waals surface area contributed by atoms with E-state index in [0.717, 1.165) is 4.70 Å². The van der Waals surface area contributed by atoms with Gasteiger partial charge in [0.25, 0.3) is 5.91 Å². The van der Waals surface area contributed by atoms with Crippen molar-refractivity contribution in [3.8, 4) is 0 Å². The number of nitrogen functional groups attached to an aromatic ring is 1. The van der Waals surface area contributed by atoms with Gasteiger partial charge in [-0.05, 0) is 12.1 Å². The smallest absolute Gasteiger partial charge is 0.268 e. The third-order valence-corrected chi connectivity index (χ3v) is 3.67. The summed E-state index contributed by atoms with van der Waals surface area (Å²) in [5.74, 6) is -0.282. The van der Waals surface area contributed by atoms with Crippen LogP contribution < -0.4 is 11.1 Å². The maximum atomic E-state index is 12.1. The maximum Gasteiger partial charge on any atom is 0.268 e. The number of aromatic nitrogens is 3. The van der Waals surface area contributed by atoms with Gasteiger partial charge in [-0.15, -0.1) is 11.3 Å². The summed E-state index contributed by atoms with van der Waals surface area (Å²) in [6.45, 7) is 0. The Kier molecular flexibility index (Phi) is 2.81. The minimum Gasteiger partial charge on any atom is -0.396 e. The van der Waals surface area contributed by atoms with Crippen LogP contribution in [-0.2, 0) is 0 Å². The fraction of sp³-hybridized carbons (Fsp3) is 0. The van der Waals surface area contributed by atoms with E-state index in [1.807, 2.05) is 12.1 Å². The SMILES string of the molecule is Nc1c(C(=O)Nc2cncnc2)sc2cccnc12. The Morgan fingerprint density at radius 2 is 2.11 bits per heavy atom. The third kappa shape index (κ3) is 2.11. The van der Waals surface area contributed by atoms with Crippen molar-refractivity contribution in [3.05, 3.63) is 41.9 Å². The summed E-state index contributed by atoms with van der Waals surface area (Å²) in [6.07, 6.45) is 6.09. The first kappa shape index (κ1) is 11.5. The van der Waals surface area contributed by atoms with E-state index >= 15 is 0 Å². The van der Waals surface area contributed by atoms with Crippen LogP contribution in [0.1, 0.15) is 9.67 Å². The zero-order valence-corrected chi connectivity index (χ0v) is 10.5. The normalized spacial score (nSPS) is 10.5. The first-order valence-corrected chi connectivity index (χ1v) is 6.26. The van der Waals surface area contributed by atoms with E-state index in [4.69, 9.17) is 5.73 Å². The molecular formula is C12H9N5OS. The zero-order valence-electron chi connectivity index (χ0n) is 9.70. The quantitative estimate of drug-likeness (QED) is 0.742. The molecule has 0 aliphatic heterocycles. The Labute approximate surface area is 112 Å². The molecule has 0 atom stereocenters. The average Bonchev–Trinajstić information content (AvgIpc) is 2.78. The number of anilines is 2. The lowest BCUT2D eigenvalue weighted by Gasteiger charge is -2.02. The van der Waals surface area contributed by atoms with Gasteiger partial charge in [0.1, 0.15) is 16.7 Å². The van der Waals surface area contributed by atoms with E-state index in [-0.39, 0.29) is 5.91 Å². The van der Waals surface area contributed by atoms with Crippen molar-refractivity contribution in [2.75, 3.05) is 11.1 Å². The number of nitrogens with two attached hydrogens (primary N) is 1. The van der Waals surface area contributed by atoms with Crippen molar-refractivity contribution in [3.63, 3.8) is 0 Å². The molecule has 94 valence electrons. The zero-order chi connectivity index (χ0) is 13.2. The summed E-state index contributed by atoms with van der Waals surface area (Å²) < 4.78 is 0.884. The number of thiophene rings is 1. The predicted octanol–water partition coefficient (Wildman–Crippen LogP) is 1.92. The van der Waals surface area contributed by atoms with E-state index in [0.29, 0.717) is 21.8 Å². The van der Waals surface area contributed by atoms with Crippen LogP contribution in [0.5, 0.6) is 0 Å². The molecule has 0 saturated heterocycles. The van der Waals surface area contributed by atoms with Crippen LogP contribution in [0.2, 0.25) is 0 Å². The lowest BCUT2D eigenvalue weighted by atomic mass is 10.3. The molecule has 3 N–H and O–H groups in total. The summed E-state index contributed by atoms with van der Waals surface area (Å²) in [5, 5.41) is 2.70. The molecule has 1 amide bonds. The molecular weight excluding hydrogens is 262 g/mol. The maximum absolute atomic E-state index is 12.1. The minimum atomic E-state index is -0.282. The molecule has 0 bridgehead atoms. The van der Waals surface area contributed by atoms with Crippen molar-refractivity contribution in [2.45, 2.75) is 0 Å². The Balaban J connectivity index is 1.96. The van der Waals surface area contributed by atoms with Crippen LogP contribution in [0.3, 0.4) is 0 Å². The van der Waals surface area contributed by atoms with Crippen LogP contribution in [0.4, 0.5) is 11.4 Å². The fourth-order valence-corrected chi connectivity index (χ4v) is 2.64. The van der Waals surface area contributed by atoms with Gasteiger partial charge in [-0.2, -0.15) is 0 Å². The average molecular weight is 271 g/mol. The summed E-state index contributed by atoms with van der Waals surface area (Å²) in [7, 11) is 0. The number of hydrogen-bond acceptors (Lipinski definition) is 6. The molecule has 7 heteroatoms. The molecule has 0 spiro atoms. The van der Waals surface area contributed by atoms with Gasteiger partial charge >= 0.3 is 0 Å². The van der Waals surface area contributed by atoms with Gasteiger partial charge < -0.3 is 11.1 Å². The van der Waals surface area contributed by atoms with E-state index < -0.39 is 0 Å². The van der Waals surface area contributed by atoms with Crippen molar-refractivity contribution in [1.29, 1.82) is 0 Å². The van der Waals surface area contributed by atoms with Crippen LogP contribution in [-0.4, -0.2) is 20.9 Å². The van der Waals surface area contributed by atoms with Crippen molar-refractivity contribution >= 4 is 38.8 Å². The predicted molar refractivity (Wildman–Crippen MR) is 74.0 cm³/mol. The number of hydrogen-bond donors (Lipinski definition) is 2. The highest BCUT2D eigenvalue weighted by atomic mass is 32.1. The first-order valence-electron chi connectivity index (χ1n) is 5.45. The monoisotopic (exact) mass is 271 g/mol. The highest BCUT2D eigenvalue weighted by Crippen LogP contribution is 2.32. The molecule has 19 heavy (non-hydrogen) atoms. The lowest BCUT2D eigenvalue weighted by molar-refractivity contribution is 0.103. The van der Waals surface area contributed by atoms with E-state index in [1.165, 1.54) is 30.1 Å². The number of carbonyl (C=O) groups is 1. The second kappa shape index (κ2) is 4.62. The standard InChI is InChI=1S/C12H9N5OS/c13-9-10-8(2-1-3-16-10)19-11(9)12(18)17-7-4-14-6-15-5-7/h1-6H,13H2,(H,17,18). The molecule has 0 aliphatic carbocycles. The van der Waals surface area contributed by atoms with Crippen LogP contribution in [0.15, 0.2) is 37.1 Å². The van der Waals surface area contributed by atoms with Gasteiger partial charge in [-0.3, -0.25) is 9.78 Å². The molecule has 0 unspecified atom stereocenters. The summed E-state index contributed by atoms with van der Waals surface area (Å²) >= 11 is 1.31. The number of amides is 1. The number of pyridine rings is 1. The number of carbonyl (C=O) groups excluding carboxylic acids is 1. The second-order valence-corrected chi connectivity index (χ2v) is 4.83. The van der Waals surface area contributed by atoms with Gasteiger partial charge in [0.05, 0.1) is 28.5 Å². The highest BCUT2D eigenvalue weighted by Gasteiger charge is 2.17. The summed E-state index contributed by atoms with van der Waals surface area (Å²) in [4.78, 5) is 24.4. The highest BCUT2D eigenvalue weighted by molar-refractivity contribution is 7.21. The van der Waals surface area contributed by atoms with E-state index in [2.05, 4.69) is 20.3 Å². The Bertz CT molecular complexity index is 740. The number of fused-ring (bicyclic) bond motifs is 1. The Morgan fingerprint density at radius 1 is 1.32 bits per heavy atom.